The van der Waals surface area contributed by atoms with Gasteiger partial charge in [-0.05, 0) is 39.5 Å². The fraction of sp³-hybridized carbons (Fsp3) is 0.933. The fourth-order valence-corrected chi connectivity index (χ4v) is 2.94. The first kappa shape index (κ1) is 16.3. The maximum absolute atomic E-state index is 12.4. The van der Waals surface area contributed by atoms with Gasteiger partial charge in [-0.25, -0.2) is 4.79 Å². The van der Waals surface area contributed by atoms with Gasteiger partial charge in [-0.15, -0.1) is 0 Å². The molecule has 0 aromatic carbocycles. The molecule has 1 fully saturated rings. The molecule has 0 radical (unpaired) electrons. The van der Waals surface area contributed by atoms with E-state index in [2.05, 4.69) is 12.2 Å². The molecular formula is C15H30N2O2. The van der Waals surface area contributed by atoms with E-state index in [0.29, 0.717) is 18.5 Å². The van der Waals surface area contributed by atoms with Gasteiger partial charge in [-0.3, -0.25) is 0 Å². The monoisotopic (exact) mass is 270 g/mol. The molecule has 4 heteroatoms. The summed E-state index contributed by atoms with van der Waals surface area (Å²) in [4.78, 5) is 14.1. The first-order valence-electron chi connectivity index (χ1n) is 7.70. The number of amides is 2. The van der Waals surface area contributed by atoms with Gasteiger partial charge in [-0.2, -0.15) is 0 Å². The Labute approximate surface area is 117 Å². The summed E-state index contributed by atoms with van der Waals surface area (Å²) in [5.74, 6) is 0.610. The Bertz CT molecular complexity index is 279. The van der Waals surface area contributed by atoms with Crippen LogP contribution in [0, 0.1) is 5.92 Å². The molecule has 1 aliphatic carbocycles. The number of rotatable bonds is 5. The molecule has 112 valence electrons. The predicted octanol–water partition coefficient (Wildman–Crippen LogP) is 2.76. The number of nitrogens with zero attached hydrogens (tertiary/aromatic N) is 1. The Morgan fingerprint density at radius 1 is 1.32 bits per heavy atom. The van der Waals surface area contributed by atoms with Crippen molar-refractivity contribution in [3.8, 4) is 0 Å². The third kappa shape index (κ3) is 5.01. The minimum atomic E-state index is -0.485. The maximum atomic E-state index is 12.4. The van der Waals surface area contributed by atoms with Crippen molar-refractivity contribution >= 4 is 6.03 Å². The molecule has 0 bridgehead atoms. The first-order chi connectivity index (χ1) is 8.95. The van der Waals surface area contributed by atoms with Crippen molar-refractivity contribution < 1.29 is 9.90 Å². The molecule has 0 heterocycles. The minimum absolute atomic E-state index is 0.0266. The van der Waals surface area contributed by atoms with Crippen LogP contribution >= 0.6 is 0 Å². The summed E-state index contributed by atoms with van der Waals surface area (Å²) in [5, 5.41) is 12.7. The highest BCUT2D eigenvalue weighted by atomic mass is 16.3. The van der Waals surface area contributed by atoms with Gasteiger partial charge in [0.25, 0.3) is 0 Å². The van der Waals surface area contributed by atoms with Crippen LogP contribution < -0.4 is 5.32 Å². The topological polar surface area (TPSA) is 52.6 Å². The average Bonchev–Trinajstić information content (AvgIpc) is 2.36. The third-order valence-corrected chi connectivity index (χ3v) is 4.09. The second kappa shape index (κ2) is 7.73. The SMILES string of the molecule is CCC1CCCCC1NC(=O)N(CC(C)O)C(C)C. The molecule has 1 aliphatic rings. The standard InChI is InChI=1S/C15H30N2O2/c1-5-13-8-6-7-9-14(13)16-15(19)17(11(2)3)10-12(4)18/h11-14,18H,5-10H2,1-4H3,(H,16,19). The lowest BCUT2D eigenvalue weighted by Crippen LogP contribution is -2.52. The first-order valence-corrected chi connectivity index (χ1v) is 7.70. The Kier molecular flexibility index (Phi) is 6.63. The molecule has 0 spiro atoms. The van der Waals surface area contributed by atoms with E-state index in [-0.39, 0.29) is 12.1 Å². The maximum Gasteiger partial charge on any atom is 0.317 e. The summed E-state index contributed by atoms with van der Waals surface area (Å²) < 4.78 is 0. The smallest absolute Gasteiger partial charge is 0.317 e. The van der Waals surface area contributed by atoms with E-state index >= 15 is 0 Å². The van der Waals surface area contributed by atoms with Crippen LogP contribution in [0.2, 0.25) is 0 Å². The Balaban J connectivity index is 2.59. The Morgan fingerprint density at radius 3 is 2.47 bits per heavy atom. The highest BCUT2D eigenvalue weighted by molar-refractivity contribution is 5.74. The van der Waals surface area contributed by atoms with Crippen molar-refractivity contribution in [2.45, 2.75) is 78.0 Å². The molecule has 0 aromatic rings. The van der Waals surface area contributed by atoms with Gasteiger partial charge >= 0.3 is 6.03 Å². The van der Waals surface area contributed by atoms with Crippen molar-refractivity contribution in [3.63, 3.8) is 0 Å². The van der Waals surface area contributed by atoms with E-state index < -0.39 is 6.10 Å². The van der Waals surface area contributed by atoms with Crippen molar-refractivity contribution in [3.05, 3.63) is 0 Å². The Morgan fingerprint density at radius 2 is 1.95 bits per heavy atom. The number of hydrogen-bond donors (Lipinski definition) is 2. The second-order valence-corrected chi connectivity index (χ2v) is 6.10. The highest BCUT2D eigenvalue weighted by Gasteiger charge is 2.27. The number of aliphatic hydroxyl groups excluding tert-OH is 1. The lowest BCUT2D eigenvalue weighted by Gasteiger charge is -2.35. The van der Waals surface area contributed by atoms with Crippen LogP contribution in [-0.4, -0.2) is 40.8 Å². The number of urea groups is 1. The fourth-order valence-electron chi connectivity index (χ4n) is 2.94. The van der Waals surface area contributed by atoms with E-state index in [1.54, 1.807) is 11.8 Å². The summed E-state index contributed by atoms with van der Waals surface area (Å²) in [6.45, 7) is 8.29. The molecular weight excluding hydrogens is 240 g/mol. The van der Waals surface area contributed by atoms with Gasteiger partial charge in [0.2, 0.25) is 0 Å². The normalized spacial score (nSPS) is 25.2. The molecule has 0 aromatic heterocycles. The summed E-state index contributed by atoms with van der Waals surface area (Å²) >= 11 is 0. The largest absolute Gasteiger partial charge is 0.392 e. The molecule has 1 saturated carbocycles. The van der Waals surface area contributed by atoms with Crippen LogP contribution in [0.3, 0.4) is 0 Å². The van der Waals surface area contributed by atoms with Crippen LogP contribution in [0.15, 0.2) is 0 Å². The van der Waals surface area contributed by atoms with Crippen molar-refractivity contribution in [1.29, 1.82) is 0 Å². The number of carbonyl (C=O) groups excluding carboxylic acids is 1. The summed E-state index contributed by atoms with van der Waals surface area (Å²) in [6.07, 6.45) is 5.45. The molecule has 3 atom stereocenters. The zero-order valence-electron chi connectivity index (χ0n) is 12.9. The van der Waals surface area contributed by atoms with Gasteiger partial charge in [0.05, 0.1) is 6.10 Å². The van der Waals surface area contributed by atoms with Gasteiger partial charge in [-0.1, -0.05) is 26.2 Å². The molecule has 0 aliphatic heterocycles. The number of aliphatic hydroxyl groups is 1. The van der Waals surface area contributed by atoms with E-state index in [9.17, 15) is 9.90 Å². The van der Waals surface area contributed by atoms with Crippen LogP contribution in [-0.2, 0) is 0 Å². The summed E-state index contributed by atoms with van der Waals surface area (Å²) in [5.41, 5.74) is 0. The summed E-state index contributed by atoms with van der Waals surface area (Å²) in [7, 11) is 0. The third-order valence-electron chi connectivity index (χ3n) is 4.09. The van der Waals surface area contributed by atoms with Crippen LogP contribution in [0.1, 0.15) is 59.8 Å². The van der Waals surface area contributed by atoms with E-state index in [0.717, 1.165) is 12.8 Å². The van der Waals surface area contributed by atoms with Gasteiger partial charge in [0.15, 0.2) is 0 Å². The molecule has 4 nitrogen and oxygen atoms in total. The van der Waals surface area contributed by atoms with Crippen molar-refractivity contribution in [2.24, 2.45) is 5.92 Å². The average molecular weight is 270 g/mol. The second-order valence-electron chi connectivity index (χ2n) is 6.10. The molecule has 3 unspecified atom stereocenters. The van der Waals surface area contributed by atoms with Crippen LogP contribution in [0.25, 0.3) is 0 Å². The Hall–Kier alpha value is -0.770. The lowest BCUT2D eigenvalue weighted by atomic mass is 9.83. The molecule has 2 amide bonds. The lowest BCUT2D eigenvalue weighted by molar-refractivity contribution is 0.113. The molecule has 1 rings (SSSR count). The molecule has 0 saturated heterocycles. The van der Waals surface area contributed by atoms with Crippen molar-refractivity contribution in [1.82, 2.24) is 10.2 Å². The number of carbonyl (C=O) groups is 1. The van der Waals surface area contributed by atoms with Gasteiger partial charge < -0.3 is 15.3 Å². The molecule has 2 N–H and O–H groups in total. The van der Waals surface area contributed by atoms with E-state index in [1.165, 1.54) is 19.3 Å². The number of nitrogens with one attached hydrogen (secondary N) is 1. The zero-order valence-corrected chi connectivity index (χ0v) is 12.9. The van der Waals surface area contributed by atoms with E-state index in [1.807, 2.05) is 13.8 Å². The van der Waals surface area contributed by atoms with Crippen LogP contribution in [0.4, 0.5) is 4.79 Å². The zero-order chi connectivity index (χ0) is 14.4. The van der Waals surface area contributed by atoms with Crippen molar-refractivity contribution in [2.75, 3.05) is 6.54 Å². The van der Waals surface area contributed by atoms with E-state index in [4.69, 9.17) is 0 Å². The molecule has 19 heavy (non-hydrogen) atoms. The minimum Gasteiger partial charge on any atom is -0.392 e. The highest BCUT2D eigenvalue weighted by Crippen LogP contribution is 2.27. The summed E-state index contributed by atoms with van der Waals surface area (Å²) in [6, 6.07) is 0.390. The van der Waals surface area contributed by atoms with Gasteiger partial charge in [0.1, 0.15) is 0 Å². The van der Waals surface area contributed by atoms with Crippen LogP contribution in [0.5, 0.6) is 0 Å². The predicted molar refractivity (Wildman–Crippen MR) is 78.1 cm³/mol. The quantitative estimate of drug-likeness (QED) is 0.807. The number of hydrogen-bond acceptors (Lipinski definition) is 2. The van der Waals surface area contributed by atoms with Gasteiger partial charge in [0, 0.05) is 18.6 Å².